The number of carbonyl (C=O) groups is 2. The van der Waals surface area contributed by atoms with Gasteiger partial charge in [0.15, 0.2) is 0 Å². The van der Waals surface area contributed by atoms with Crippen LogP contribution in [-0.4, -0.2) is 36.0 Å². The highest BCUT2D eigenvalue weighted by atomic mass is 16.5. The van der Waals surface area contributed by atoms with Crippen molar-refractivity contribution >= 4 is 11.9 Å². The number of nitrogens with zero attached hydrogens (tertiary/aromatic N) is 1. The number of rotatable bonds is 4. The number of piperidine rings is 1. The van der Waals surface area contributed by atoms with E-state index in [2.05, 4.69) is 4.90 Å². The lowest BCUT2D eigenvalue weighted by atomic mass is 9.92. The molecule has 0 aliphatic carbocycles. The van der Waals surface area contributed by atoms with Crippen molar-refractivity contribution in [1.82, 2.24) is 4.90 Å². The first-order valence-corrected chi connectivity index (χ1v) is 7.56. The molecule has 0 N–H and O–H groups in total. The minimum atomic E-state index is -0.0439. The fraction of sp³-hybridized carbons (Fsp3) is 0.867. The van der Waals surface area contributed by atoms with Crippen molar-refractivity contribution in [2.45, 2.75) is 58.4 Å². The van der Waals surface area contributed by atoms with Gasteiger partial charge in [-0.25, -0.2) is 0 Å². The Hall–Kier alpha value is -1.06. The van der Waals surface area contributed by atoms with Gasteiger partial charge in [0.05, 0.1) is 12.5 Å². The van der Waals surface area contributed by atoms with E-state index in [1.807, 2.05) is 13.8 Å². The lowest BCUT2D eigenvalue weighted by Crippen LogP contribution is -2.45. The van der Waals surface area contributed by atoms with Gasteiger partial charge in [-0.3, -0.25) is 9.59 Å². The molecule has 0 bridgehead atoms. The van der Waals surface area contributed by atoms with Crippen LogP contribution in [0, 0.1) is 11.8 Å². The van der Waals surface area contributed by atoms with Crippen molar-refractivity contribution in [2.75, 3.05) is 13.2 Å². The molecule has 4 heteroatoms. The third-order valence-electron chi connectivity index (χ3n) is 4.30. The summed E-state index contributed by atoms with van der Waals surface area (Å²) in [7, 11) is 0. The lowest BCUT2D eigenvalue weighted by molar-refractivity contribution is -0.141. The molecule has 2 saturated heterocycles. The summed E-state index contributed by atoms with van der Waals surface area (Å²) in [6, 6.07) is 0.331. The maximum atomic E-state index is 12.2. The molecule has 2 fully saturated rings. The summed E-state index contributed by atoms with van der Waals surface area (Å²) < 4.78 is 5.00. The Bertz CT molecular complexity index is 340. The molecule has 2 aliphatic rings. The third kappa shape index (κ3) is 3.48. The zero-order valence-electron chi connectivity index (χ0n) is 12.1. The molecule has 0 aromatic rings. The van der Waals surface area contributed by atoms with Crippen molar-refractivity contribution in [3.05, 3.63) is 0 Å². The average Bonchev–Trinajstić information content (AvgIpc) is 2.81. The summed E-state index contributed by atoms with van der Waals surface area (Å²) in [6.07, 6.45) is 6.05. The topological polar surface area (TPSA) is 46.6 Å². The van der Waals surface area contributed by atoms with Gasteiger partial charge in [-0.2, -0.15) is 0 Å². The van der Waals surface area contributed by atoms with Crippen molar-refractivity contribution in [3.63, 3.8) is 0 Å². The Morgan fingerprint density at radius 2 is 2.11 bits per heavy atom. The molecular weight excluding hydrogens is 242 g/mol. The van der Waals surface area contributed by atoms with Crippen molar-refractivity contribution in [2.24, 2.45) is 11.8 Å². The minimum Gasteiger partial charge on any atom is -0.465 e. The molecule has 2 atom stereocenters. The maximum Gasteiger partial charge on any atom is 0.309 e. The molecule has 2 heterocycles. The normalized spacial score (nSPS) is 27.7. The number of hydrogen-bond acceptors (Lipinski definition) is 3. The van der Waals surface area contributed by atoms with E-state index in [0.29, 0.717) is 12.6 Å². The van der Waals surface area contributed by atoms with E-state index >= 15 is 0 Å². The van der Waals surface area contributed by atoms with Crippen LogP contribution in [0.15, 0.2) is 0 Å². The van der Waals surface area contributed by atoms with E-state index < -0.39 is 0 Å². The van der Waals surface area contributed by atoms with Crippen LogP contribution in [0.4, 0.5) is 0 Å². The van der Waals surface area contributed by atoms with Gasteiger partial charge in [0.2, 0.25) is 5.91 Å². The van der Waals surface area contributed by atoms with Crippen LogP contribution >= 0.6 is 0 Å². The zero-order valence-corrected chi connectivity index (χ0v) is 12.1. The number of ether oxygens (including phenoxy) is 1. The van der Waals surface area contributed by atoms with Crippen LogP contribution in [0.1, 0.15) is 52.4 Å². The number of cyclic esters (lactones) is 1. The molecule has 0 saturated carbocycles. The Balaban J connectivity index is 1.88. The van der Waals surface area contributed by atoms with E-state index in [1.54, 1.807) is 0 Å². The van der Waals surface area contributed by atoms with Gasteiger partial charge >= 0.3 is 5.97 Å². The monoisotopic (exact) mass is 267 g/mol. The molecule has 4 nitrogen and oxygen atoms in total. The molecule has 108 valence electrons. The third-order valence-corrected chi connectivity index (χ3v) is 4.30. The predicted octanol–water partition coefficient (Wildman–Crippen LogP) is 2.37. The summed E-state index contributed by atoms with van der Waals surface area (Å²) in [5, 5.41) is 0. The van der Waals surface area contributed by atoms with E-state index in [0.717, 1.165) is 38.6 Å². The molecule has 1 amide bonds. The summed E-state index contributed by atoms with van der Waals surface area (Å²) in [5.74, 6) is 0.353. The molecule has 0 aromatic carbocycles. The van der Waals surface area contributed by atoms with Crippen LogP contribution in [-0.2, 0) is 14.3 Å². The fourth-order valence-electron chi connectivity index (χ4n) is 3.12. The first kappa shape index (κ1) is 14.4. The maximum absolute atomic E-state index is 12.2. The van der Waals surface area contributed by atoms with Crippen LogP contribution in [0.25, 0.3) is 0 Å². The molecule has 19 heavy (non-hydrogen) atoms. The number of carbonyl (C=O) groups excluding carboxylic acids is 2. The van der Waals surface area contributed by atoms with E-state index in [-0.39, 0.29) is 23.7 Å². The van der Waals surface area contributed by atoms with Gasteiger partial charge < -0.3 is 9.64 Å². The fourth-order valence-corrected chi connectivity index (χ4v) is 3.12. The average molecular weight is 267 g/mol. The second kappa shape index (κ2) is 6.40. The highest BCUT2D eigenvalue weighted by molar-refractivity contribution is 5.78. The quantitative estimate of drug-likeness (QED) is 0.735. The van der Waals surface area contributed by atoms with Crippen LogP contribution < -0.4 is 0 Å². The smallest absolute Gasteiger partial charge is 0.309 e. The first-order chi connectivity index (χ1) is 9.09. The first-order valence-electron chi connectivity index (χ1n) is 7.56. The Morgan fingerprint density at radius 1 is 1.32 bits per heavy atom. The Labute approximate surface area is 115 Å². The molecule has 0 aromatic heterocycles. The van der Waals surface area contributed by atoms with Crippen molar-refractivity contribution in [3.8, 4) is 0 Å². The van der Waals surface area contributed by atoms with Gasteiger partial charge in [-0.1, -0.05) is 13.8 Å². The second-order valence-electron chi connectivity index (χ2n) is 6.07. The van der Waals surface area contributed by atoms with E-state index in [1.165, 1.54) is 6.42 Å². The van der Waals surface area contributed by atoms with Crippen LogP contribution in [0.2, 0.25) is 0 Å². The molecule has 2 unspecified atom stereocenters. The summed E-state index contributed by atoms with van der Waals surface area (Å²) in [4.78, 5) is 25.7. The van der Waals surface area contributed by atoms with Gasteiger partial charge in [-0.15, -0.1) is 0 Å². The number of esters is 1. The van der Waals surface area contributed by atoms with Crippen molar-refractivity contribution < 1.29 is 14.3 Å². The molecule has 2 rings (SSSR count). The lowest BCUT2D eigenvalue weighted by Gasteiger charge is -2.37. The standard InChI is InChI=1S/C15H25NO3/c1-11(2)14(17)16-9-4-3-5-13(16)7-6-12-8-10-19-15(12)18/h11-13H,3-10H2,1-2H3. The van der Waals surface area contributed by atoms with E-state index in [9.17, 15) is 9.59 Å². The predicted molar refractivity (Wildman–Crippen MR) is 72.5 cm³/mol. The van der Waals surface area contributed by atoms with Gasteiger partial charge in [-0.05, 0) is 38.5 Å². The number of likely N-dealkylation sites (tertiary alicyclic amines) is 1. The Kier molecular flexibility index (Phi) is 4.83. The highest BCUT2D eigenvalue weighted by Crippen LogP contribution is 2.27. The molecule has 2 aliphatic heterocycles. The number of amides is 1. The summed E-state index contributed by atoms with van der Waals surface area (Å²) in [6.45, 7) is 5.38. The summed E-state index contributed by atoms with van der Waals surface area (Å²) >= 11 is 0. The highest BCUT2D eigenvalue weighted by Gasteiger charge is 2.31. The second-order valence-corrected chi connectivity index (χ2v) is 6.07. The number of hydrogen-bond donors (Lipinski definition) is 0. The van der Waals surface area contributed by atoms with E-state index in [4.69, 9.17) is 4.74 Å². The van der Waals surface area contributed by atoms with Crippen LogP contribution in [0.5, 0.6) is 0 Å². The zero-order chi connectivity index (χ0) is 13.8. The van der Waals surface area contributed by atoms with Gasteiger partial charge in [0.25, 0.3) is 0 Å². The van der Waals surface area contributed by atoms with Crippen molar-refractivity contribution in [1.29, 1.82) is 0 Å². The molecular formula is C15H25NO3. The Morgan fingerprint density at radius 3 is 2.74 bits per heavy atom. The molecule has 0 radical (unpaired) electrons. The van der Waals surface area contributed by atoms with Gasteiger partial charge in [0.1, 0.15) is 0 Å². The minimum absolute atomic E-state index is 0.0439. The van der Waals surface area contributed by atoms with Gasteiger partial charge in [0, 0.05) is 18.5 Å². The van der Waals surface area contributed by atoms with Crippen LogP contribution in [0.3, 0.4) is 0 Å². The molecule has 0 spiro atoms. The largest absolute Gasteiger partial charge is 0.465 e. The summed E-state index contributed by atoms with van der Waals surface area (Å²) in [5.41, 5.74) is 0. The SMILES string of the molecule is CC(C)C(=O)N1CCCCC1CCC1CCOC1=O.